The molecule has 0 aromatic rings. The summed E-state index contributed by atoms with van der Waals surface area (Å²) in [5.74, 6) is -1.80. The number of hydrogen-bond acceptors (Lipinski definition) is 4. The van der Waals surface area contributed by atoms with Crippen molar-refractivity contribution in [2.24, 2.45) is 5.92 Å². The zero-order valence-electron chi connectivity index (χ0n) is 14.6. The monoisotopic (exact) mass is 367 g/mol. The molecule has 0 aromatic carbocycles. The summed E-state index contributed by atoms with van der Waals surface area (Å²) < 4.78 is 65.4. The highest BCUT2D eigenvalue weighted by Crippen LogP contribution is 2.41. The largest absolute Gasteiger partial charge is 0.525 e. The molecule has 0 aliphatic carbocycles. The standard InChI is InChI=1S/C15H22BF4NO4/c1-13(2)14(3,4)25-16(24-13)11(17)10(15(18,19)20)8-21-6-5-9(7-21)12(22)23/h9H,5-8H2,1-4H3,(H,22,23). The lowest BCUT2D eigenvalue weighted by Gasteiger charge is -2.32. The molecule has 2 saturated heterocycles. The minimum Gasteiger partial charge on any atom is -0.481 e. The van der Waals surface area contributed by atoms with E-state index < -0.39 is 54.2 Å². The molecule has 0 saturated carbocycles. The number of aliphatic carboxylic acids is 1. The number of rotatable bonds is 4. The quantitative estimate of drug-likeness (QED) is 0.612. The van der Waals surface area contributed by atoms with Crippen molar-refractivity contribution in [1.29, 1.82) is 0 Å². The van der Waals surface area contributed by atoms with Gasteiger partial charge in [0.1, 0.15) is 5.73 Å². The predicted octanol–water partition coefficient (Wildman–Crippen LogP) is 2.81. The van der Waals surface area contributed by atoms with Gasteiger partial charge in [-0.1, -0.05) is 0 Å². The third-order valence-electron chi connectivity index (χ3n) is 5.09. The first kappa shape index (κ1) is 20.2. The molecule has 0 bridgehead atoms. The fraction of sp³-hybridized carbons (Fsp3) is 0.800. The maximum atomic E-state index is 14.6. The first-order valence-corrected chi connectivity index (χ1v) is 8.01. The van der Waals surface area contributed by atoms with E-state index in [1.54, 1.807) is 27.7 Å². The molecule has 10 heteroatoms. The molecule has 2 fully saturated rings. The van der Waals surface area contributed by atoms with Crippen molar-refractivity contribution >= 4 is 13.1 Å². The van der Waals surface area contributed by atoms with Crippen molar-refractivity contribution in [2.75, 3.05) is 19.6 Å². The van der Waals surface area contributed by atoms with Crippen LogP contribution in [0.5, 0.6) is 0 Å². The van der Waals surface area contributed by atoms with E-state index in [9.17, 15) is 22.4 Å². The molecule has 25 heavy (non-hydrogen) atoms. The number of carboxylic acids is 1. The molecule has 2 heterocycles. The Hall–Kier alpha value is -1.13. The van der Waals surface area contributed by atoms with Crippen LogP contribution in [0.4, 0.5) is 17.6 Å². The van der Waals surface area contributed by atoms with Crippen LogP contribution in [-0.4, -0.2) is 60.1 Å². The van der Waals surface area contributed by atoms with Crippen molar-refractivity contribution in [3.05, 3.63) is 11.3 Å². The second-order valence-corrected chi connectivity index (χ2v) is 7.47. The Balaban J connectivity index is 2.23. The van der Waals surface area contributed by atoms with Gasteiger partial charge in [-0.2, -0.15) is 13.2 Å². The van der Waals surface area contributed by atoms with Crippen LogP contribution < -0.4 is 0 Å². The molecule has 5 nitrogen and oxygen atoms in total. The van der Waals surface area contributed by atoms with E-state index in [2.05, 4.69) is 0 Å². The topological polar surface area (TPSA) is 59.0 Å². The second-order valence-electron chi connectivity index (χ2n) is 7.47. The van der Waals surface area contributed by atoms with Gasteiger partial charge in [-0.25, -0.2) is 4.39 Å². The first-order chi connectivity index (χ1) is 11.2. The highest BCUT2D eigenvalue weighted by atomic mass is 19.4. The van der Waals surface area contributed by atoms with E-state index >= 15 is 0 Å². The van der Waals surface area contributed by atoms with Gasteiger partial charge in [0, 0.05) is 13.1 Å². The Morgan fingerprint density at radius 1 is 1.24 bits per heavy atom. The van der Waals surface area contributed by atoms with Crippen molar-refractivity contribution in [3.63, 3.8) is 0 Å². The summed E-state index contributed by atoms with van der Waals surface area (Å²) in [7, 11) is -1.74. The van der Waals surface area contributed by atoms with E-state index in [1.165, 1.54) is 4.90 Å². The molecule has 142 valence electrons. The molecular formula is C15H22BF4NO4. The molecule has 1 N–H and O–H groups in total. The Labute approximate surface area is 144 Å². The van der Waals surface area contributed by atoms with Gasteiger partial charge in [-0.05, 0) is 40.7 Å². The fourth-order valence-corrected chi connectivity index (χ4v) is 2.79. The van der Waals surface area contributed by atoms with E-state index in [-0.39, 0.29) is 19.5 Å². The van der Waals surface area contributed by atoms with Crippen LogP contribution in [0, 0.1) is 5.92 Å². The van der Waals surface area contributed by atoms with Crippen molar-refractivity contribution in [3.8, 4) is 0 Å². The van der Waals surface area contributed by atoms with Crippen molar-refractivity contribution in [1.82, 2.24) is 4.90 Å². The molecular weight excluding hydrogens is 345 g/mol. The Morgan fingerprint density at radius 3 is 2.16 bits per heavy atom. The van der Waals surface area contributed by atoms with E-state index in [1.807, 2.05) is 0 Å². The van der Waals surface area contributed by atoms with Gasteiger partial charge < -0.3 is 14.4 Å². The van der Waals surface area contributed by atoms with Crippen LogP contribution in [0.2, 0.25) is 0 Å². The molecule has 0 aromatic heterocycles. The highest BCUT2D eigenvalue weighted by molar-refractivity contribution is 6.53. The van der Waals surface area contributed by atoms with Gasteiger partial charge in [0.15, 0.2) is 0 Å². The maximum absolute atomic E-state index is 14.6. The number of carbonyl (C=O) groups is 1. The number of nitrogens with zero attached hydrogens (tertiary/aromatic N) is 1. The molecule has 2 rings (SSSR count). The van der Waals surface area contributed by atoms with Crippen LogP contribution in [-0.2, 0) is 14.1 Å². The van der Waals surface area contributed by atoms with Gasteiger partial charge in [-0.3, -0.25) is 9.69 Å². The summed E-state index contributed by atoms with van der Waals surface area (Å²) in [6, 6.07) is 0. The lowest BCUT2D eigenvalue weighted by molar-refractivity contribution is -0.141. The van der Waals surface area contributed by atoms with Gasteiger partial charge in [0.05, 0.1) is 22.7 Å². The first-order valence-electron chi connectivity index (χ1n) is 8.01. The summed E-state index contributed by atoms with van der Waals surface area (Å²) in [5, 5.41) is 8.95. The summed E-state index contributed by atoms with van der Waals surface area (Å²) in [4.78, 5) is 12.2. The van der Waals surface area contributed by atoms with E-state index in [0.29, 0.717) is 0 Å². The number of halogens is 4. The zero-order valence-corrected chi connectivity index (χ0v) is 14.6. The predicted molar refractivity (Wildman–Crippen MR) is 82.5 cm³/mol. The van der Waals surface area contributed by atoms with E-state index in [4.69, 9.17) is 14.4 Å². The van der Waals surface area contributed by atoms with Crippen LogP contribution in [0.3, 0.4) is 0 Å². The van der Waals surface area contributed by atoms with Crippen LogP contribution >= 0.6 is 0 Å². The van der Waals surface area contributed by atoms with Crippen LogP contribution in [0.15, 0.2) is 11.3 Å². The Morgan fingerprint density at radius 2 is 1.76 bits per heavy atom. The van der Waals surface area contributed by atoms with Gasteiger partial charge in [-0.15, -0.1) is 0 Å². The lowest BCUT2D eigenvalue weighted by atomic mass is 9.84. The average Bonchev–Trinajstić information content (AvgIpc) is 2.97. The summed E-state index contributed by atoms with van der Waals surface area (Å²) in [6.45, 7) is 5.84. The fourth-order valence-electron chi connectivity index (χ4n) is 2.79. The highest BCUT2D eigenvalue weighted by Gasteiger charge is 2.55. The smallest absolute Gasteiger partial charge is 0.481 e. The third kappa shape index (κ3) is 4.17. The average molecular weight is 367 g/mol. The van der Waals surface area contributed by atoms with Crippen LogP contribution in [0.1, 0.15) is 34.1 Å². The molecule has 0 amide bonds. The Bertz CT molecular complexity index is 560. The SMILES string of the molecule is CC1(C)OB(C(F)=C(CN2CCC(C(=O)O)C2)C(F)(F)F)OC1(C)C. The molecule has 1 atom stereocenters. The lowest BCUT2D eigenvalue weighted by Crippen LogP contribution is -2.41. The Kier molecular flexibility index (Phi) is 5.29. The zero-order chi connectivity index (χ0) is 19.2. The van der Waals surface area contributed by atoms with E-state index in [0.717, 1.165) is 0 Å². The summed E-state index contributed by atoms with van der Waals surface area (Å²) in [6.07, 6.45) is -4.67. The molecule has 0 spiro atoms. The molecule has 0 radical (unpaired) electrons. The number of likely N-dealkylation sites (tertiary alicyclic amines) is 1. The van der Waals surface area contributed by atoms with Gasteiger partial charge in [0.25, 0.3) is 0 Å². The molecule has 2 aliphatic rings. The number of hydrogen-bond donors (Lipinski definition) is 1. The second kappa shape index (κ2) is 6.55. The number of carboxylic acid groups (broad SMARTS) is 1. The number of alkyl halides is 3. The van der Waals surface area contributed by atoms with Crippen molar-refractivity contribution in [2.45, 2.75) is 51.5 Å². The minimum absolute atomic E-state index is 0.0500. The third-order valence-corrected chi connectivity index (χ3v) is 5.09. The summed E-state index contributed by atoms with van der Waals surface area (Å²) in [5.41, 5.74) is -4.83. The normalized spacial score (nSPS) is 27.5. The molecule has 1 unspecified atom stereocenters. The van der Waals surface area contributed by atoms with Gasteiger partial charge in [0.2, 0.25) is 0 Å². The molecule has 2 aliphatic heterocycles. The van der Waals surface area contributed by atoms with Gasteiger partial charge >= 0.3 is 19.3 Å². The summed E-state index contributed by atoms with van der Waals surface area (Å²) >= 11 is 0. The van der Waals surface area contributed by atoms with Crippen molar-refractivity contribution < 1.29 is 36.8 Å². The minimum atomic E-state index is -4.91. The van der Waals surface area contributed by atoms with Crippen LogP contribution in [0.25, 0.3) is 0 Å². The maximum Gasteiger partial charge on any atom is 0.525 e.